The van der Waals surface area contributed by atoms with Gasteiger partial charge < -0.3 is 9.45 Å². The van der Waals surface area contributed by atoms with Crippen molar-refractivity contribution in [3.63, 3.8) is 0 Å². The number of carbonyl (C=O) groups is 1. The van der Waals surface area contributed by atoms with E-state index in [0.29, 0.717) is 43.8 Å². The van der Waals surface area contributed by atoms with E-state index >= 15 is 0 Å². The van der Waals surface area contributed by atoms with E-state index in [2.05, 4.69) is 4.98 Å². The van der Waals surface area contributed by atoms with E-state index in [1.54, 1.807) is 12.1 Å². The fourth-order valence-corrected chi connectivity index (χ4v) is 4.44. The fraction of sp³-hybridized carbons (Fsp3) is 0.400. The van der Waals surface area contributed by atoms with Crippen molar-refractivity contribution < 1.29 is 13.6 Å². The molecule has 0 spiro atoms. The number of pyridine rings is 1. The van der Waals surface area contributed by atoms with Crippen LogP contribution in [0.2, 0.25) is 10.0 Å². The number of halogens is 2. The van der Waals surface area contributed by atoms with Crippen LogP contribution in [0.15, 0.2) is 23.2 Å². The lowest BCUT2D eigenvalue weighted by atomic mass is 9.94. The molecule has 0 fully saturated rings. The first-order chi connectivity index (χ1) is 13.3. The van der Waals surface area contributed by atoms with Gasteiger partial charge >= 0.3 is 0 Å². The Morgan fingerprint density at radius 3 is 2.50 bits per heavy atom. The van der Waals surface area contributed by atoms with Gasteiger partial charge in [-0.15, -0.1) is 0 Å². The van der Waals surface area contributed by atoms with E-state index in [-0.39, 0.29) is 10.8 Å². The molecular weight excluding hydrogens is 419 g/mol. The molecule has 1 amide bonds. The van der Waals surface area contributed by atoms with E-state index in [9.17, 15) is 9.00 Å². The van der Waals surface area contributed by atoms with Crippen LogP contribution in [0.25, 0.3) is 0 Å². The minimum absolute atomic E-state index is 0.0872. The van der Waals surface area contributed by atoms with E-state index in [4.69, 9.17) is 27.8 Å². The quantitative estimate of drug-likeness (QED) is 0.694. The zero-order valence-electron chi connectivity index (χ0n) is 15.8. The van der Waals surface area contributed by atoms with Gasteiger partial charge in [0.25, 0.3) is 0 Å². The number of aromatic nitrogens is 1. The van der Waals surface area contributed by atoms with Crippen LogP contribution >= 0.6 is 23.2 Å². The second kappa shape index (κ2) is 8.91. The van der Waals surface area contributed by atoms with Gasteiger partial charge in [0, 0.05) is 41.4 Å². The number of aryl methyl sites for hydroxylation is 1. The SMILES string of the molecule is Cc1c(C)c(Cl)c2c(c1Cl)CCN(C(=O)CCCc1ccc(S(=O)O)cn1)C2. The minimum atomic E-state index is -2.02. The number of hydrogen-bond acceptors (Lipinski definition) is 3. The largest absolute Gasteiger partial charge is 0.338 e. The lowest BCUT2D eigenvalue weighted by molar-refractivity contribution is -0.132. The maximum absolute atomic E-state index is 12.6. The van der Waals surface area contributed by atoms with Crippen molar-refractivity contribution in [1.29, 1.82) is 0 Å². The van der Waals surface area contributed by atoms with Gasteiger partial charge in [0.2, 0.25) is 5.91 Å². The lowest BCUT2D eigenvalue weighted by Crippen LogP contribution is -2.36. The monoisotopic (exact) mass is 440 g/mol. The van der Waals surface area contributed by atoms with Gasteiger partial charge in [-0.25, -0.2) is 4.21 Å². The third kappa shape index (κ3) is 4.40. The Hall–Kier alpha value is -1.47. The second-order valence-electron chi connectivity index (χ2n) is 6.99. The zero-order chi connectivity index (χ0) is 20.4. The first-order valence-electron chi connectivity index (χ1n) is 9.09. The molecule has 5 nitrogen and oxygen atoms in total. The Morgan fingerprint density at radius 1 is 1.21 bits per heavy atom. The van der Waals surface area contributed by atoms with Gasteiger partial charge in [-0.1, -0.05) is 23.2 Å². The first kappa shape index (κ1) is 21.2. The first-order valence-corrected chi connectivity index (χ1v) is 10.9. The van der Waals surface area contributed by atoms with Gasteiger partial charge in [-0.3, -0.25) is 9.78 Å². The molecule has 8 heteroatoms. The van der Waals surface area contributed by atoms with E-state index in [1.165, 1.54) is 6.20 Å². The molecule has 1 N–H and O–H groups in total. The molecule has 3 rings (SSSR count). The van der Waals surface area contributed by atoms with Gasteiger partial charge in [0.05, 0.1) is 4.90 Å². The number of benzene rings is 1. The van der Waals surface area contributed by atoms with E-state index < -0.39 is 11.1 Å². The average Bonchev–Trinajstić information content (AvgIpc) is 2.70. The van der Waals surface area contributed by atoms with Crippen LogP contribution in [0.3, 0.4) is 0 Å². The highest BCUT2D eigenvalue weighted by Gasteiger charge is 2.26. The molecule has 1 atom stereocenters. The third-order valence-electron chi connectivity index (χ3n) is 5.27. The summed E-state index contributed by atoms with van der Waals surface area (Å²) in [5, 5.41) is 1.47. The Kier molecular flexibility index (Phi) is 6.76. The maximum atomic E-state index is 12.6. The molecule has 0 saturated carbocycles. The molecule has 0 radical (unpaired) electrons. The molecule has 1 unspecified atom stereocenters. The number of hydrogen-bond donors (Lipinski definition) is 1. The third-order valence-corrected chi connectivity index (χ3v) is 6.94. The van der Waals surface area contributed by atoms with Gasteiger partial charge in [-0.05, 0) is 67.5 Å². The smallest absolute Gasteiger partial charge is 0.222 e. The highest BCUT2D eigenvalue weighted by molar-refractivity contribution is 7.79. The molecule has 1 aliphatic rings. The number of fused-ring (bicyclic) bond motifs is 1. The van der Waals surface area contributed by atoms with Gasteiger partial charge in [0.1, 0.15) is 0 Å². The number of carbonyl (C=O) groups excluding carboxylic acids is 1. The molecule has 150 valence electrons. The highest BCUT2D eigenvalue weighted by atomic mass is 35.5. The molecule has 0 saturated heterocycles. The lowest BCUT2D eigenvalue weighted by Gasteiger charge is -2.31. The van der Waals surface area contributed by atoms with Crippen molar-refractivity contribution in [3.05, 3.63) is 56.3 Å². The van der Waals surface area contributed by atoms with E-state index in [0.717, 1.165) is 33.0 Å². The number of rotatable bonds is 5. The fourth-order valence-electron chi connectivity index (χ4n) is 3.44. The molecule has 2 heterocycles. The van der Waals surface area contributed by atoms with Crippen molar-refractivity contribution in [2.75, 3.05) is 6.54 Å². The number of nitrogens with zero attached hydrogens (tertiary/aromatic N) is 2. The molecule has 0 aliphatic carbocycles. The molecule has 28 heavy (non-hydrogen) atoms. The summed E-state index contributed by atoms with van der Waals surface area (Å²) in [5.41, 5.74) is 4.80. The Morgan fingerprint density at radius 2 is 1.89 bits per heavy atom. The normalized spacial score (nSPS) is 14.7. The van der Waals surface area contributed by atoms with Gasteiger partial charge in [0.15, 0.2) is 11.1 Å². The zero-order valence-corrected chi connectivity index (χ0v) is 18.1. The molecule has 1 aliphatic heterocycles. The summed E-state index contributed by atoms with van der Waals surface area (Å²) in [6.07, 6.45) is 3.82. The molecule has 1 aromatic carbocycles. The van der Waals surface area contributed by atoms with Crippen LogP contribution in [0.4, 0.5) is 0 Å². The van der Waals surface area contributed by atoms with Crippen LogP contribution in [-0.4, -0.2) is 31.1 Å². The van der Waals surface area contributed by atoms with Crippen molar-refractivity contribution in [2.45, 2.75) is 51.0 Å². The van der Waals surface area contributed by atoms with Crippen molar-refractivity contribution in [3.8, 4) is 0 Å². The summed E-state index contributed by atoms with van der Waals surface area (Å²) in [4.78, 5) is 18.9. The van der Waals surface area contributed by atoms with Crippen molar-refractivity contribution in [1.82, 2.24) is 9.88 Å². The second-order valence-corrected chi connectivity index (χ2v) is 8.71. The van der Waals surface area contributed by atoms with E-state index in [1.807, 2.05) is 18.7 Å². The summed E-state index contributed by atoms with van der Waals surface area (Å²) in [6, 6.07) is 3.30. The van der Waals surface area contributed by atoms with Crippen LogP contribution < -0.4 is 0 Å². The summed E-state index contributed by atoms with van der Waals surface area (Å²) in [5.74, 6) is 0.0872. The van der Waals surface area contributed by atoms with Crippen LogP contribution in [0, 0.1) is 13.8 Å². The van der Waals surface area contributed by atoms with Crippen molar-refractivity contribution >= 4 is 40.2 Å². The highest BCUT2D eigenvalue weighted by Crippen LogP contribution is 2.37. The predicted molar refractivity (Wildman–Crippen MR) is 111 cm³/mol. The molecular formula is C20H22Cl2N2O3S. The Balaban J connectivity index is 1.60. The summed E-state index contributed by atoms with van der Waals surface area (Å²) in [7, 11) is 0. The molecule has 2 aromatic rings. The minimum Gasteiger partial charge on any atom is -0.338 e. The standard InChI is InChI=1S/C20H22Cl2N2O3S/c1-12-13(2)20(22)17-11-24(9-8-16(17)19(12)21)18(25)5-3-4-14-6-7-15(10-23-14)28(26)27/h6-7,10H,3-5,8-9,11H2,1-2H3,(H,26,27). The average molecular weight is 441 g/mol. The maximum Gasteiger partial charge on any atom is 0.222 e. The molecule has 0 bridgehead atoms. The predicted octanol–water partition coefficient (Wildman–Crippen LogP) is 4.49. The molecule has 1 aromatic heterocycles. The summed E-state index contributed by atoms with van der Waals surface area (Å²) in [6.45, 7) is 5.05. The van der Waals surface area contributed by atoms with Crippen LogP contribution in [-0.2, 0) is 35.3 Å². The van der Waals surface area contributed by atoms with Gasteiger partial charge in [-0.2, -0.15) is 0 Å². The summed E-state index contributed by atoms with van der Waals surface area (Å²) >= 11 is 11.0. The van der Waals surface area contributed by atoms with Crippen LogP contribution in [0.5, 0.6) is 0 Å². The van der Waals surface area contributed by atoms with Crippen molar-refractivity contribution in [2.24, 2.45) is 0 Å². The Bertz CT molecular complexity index is 932. The summed E-state index contributed by atoms with van der Waals surface area (Å²) < 4.78 is 20.0. The van der Waals surface area contributed by atoms with Crippen LogP contribution in [0.1, 0.15) is 40.8 Å². The topological polar surface area (TPSA) is 70.5 Å². The Labute approximate surface area is 177 Å². The number of amides is 1.